The number of carbonyl (C=O) groups excluding carboxylic acids is 1. The van der Waals surface area contributed by atoms with Crippen LogP contribution in [-0.4, -0.2) is 12.0 Å². The van der Waals surface area contributed by atoms with Crippen molar-refractivity contribution in [3.8, 4) is 5.75 Å². The molecule has 0 aliphatic rings. The minimum Gasteiger partial charge on any atom is -0.490 e. The Balaban J connectivity index is 3.01. The highest BCUT2D eigenvalue weighted by Gasteiger charge is 2.11. The predicted molar refractivity (Wildman–Crippen MR) is 59.8 cm³/mol. The Morgan fingerprint density at radius 3 is 2.73 bits per heavy atom. The lowest BCUT2D eigenvalue weighted by atomic mass is 10.1. The summed E-state index contributed by atoms with van der Waals surface area (Å²) < 4.78 is 5.55. The Hall–Kier alpha value is -1.71. The lowest BCUT2D eigenvalue weighted by molar-refractivity contribution is 0.0993. The SMILES string of the molecule is CCC(C)Oc1ccc(N)cc1C(N)=O. The number of nitrogen functional groups attached to an aromatic ring is 1. The molecule has 1 rings (SSSR count). The van der Waals surface area contributed by atoms with Gasteiger partial charge in [0, 0.05) is 5.69 Å². The van der Waals surface area contributed by atoms with Gasteiger partial charge in [0.25, 0.3) is 5.91 Å². The maximum Gasteiger partial charge on any atom is 0.252 e. The van der Waals surface area contributed by atoms with E-state index in [1.54, 1.807) is 12.1 Å². The second-order valence-corrected chi connectivity index (χ2v) is 3.46. The van der Waals surface area contributed by atoms with Crippen LogP contribution in [-0.2, 0) is 0 Å². The van der Waals surface area contributed by atoms with E-state index < -0.39 is 5.91 Å². The normalized spacial score (nSPS) is 12.1. The number of anilines is 1. The van der Waals surface area contributed by atoms with E-state index in [1.165, 1.54) is 6.07 Å². The Bertz CT molecular complexity index is 364. The number of rotatable bonds is 4. The van der Waals surface area contributed by atoms with Gasteiger partial charge in [-0.2, -0.15) is 0 Å². The highest BCUT2D eigenvalue weighted by atomic mass is 16.5. The molecule has 0 saturated heterocycles. The molecule has 0 spiro atoms. The maximum absolute atomic E-state index is 11.1. The van der Waals surface area contributed by atoms with Crippen LogP contribution >= 0.6 is 0 Å². The summed E-state index contributed by atoms with van der Waals surface area (Å²) in [6.07, 6.45) is 0.912. The summed E-state index contributed by atoms with van der Waals surface area (Å²) in [5.41, 5.74) is 11.6. The van der Waals surface area contributed by atoms with Crippen molar-refractivity contribution in [2.45, 2.75) is 26.4 Å². The lowest BCUT2D eigenvalue weighted by Crippen LogP contribution is -2.17. The van der Waals surface area contributed by atoms with Crippen LogP contribution in [0.2, 0.25) is 0 Å². The van der Waals surface area contributed by atoms with E-state index in [4.69, 9.17) is 16.2 Å². The van der Waals surface area contributed by atoms with E-state index in [0.717, 1.165) is 6.42 Å². The van der Waals surface area contributed by atoms with Gasteiger partial charge in [-0.1, -0.05) is 6.92 Å². The van der Waals surface area contributed by atoms with Crippen molar-refractivity contribution in [1.29, 1.82) is 0 Å². The number of hydrogen-bond donors (Lipinski definition) is 2. The number of ether oxygens (including phenoxy) is 1. The first-order valence-electron chi connectivity index (χ1n) is 4.90. The van der Waals surface area contributed by atoms with Crippen molar-refractivity contribution in [1.82, 2.24) is 0 Å². The Morgan fingerprint density at radius 2 is 2.20 bits per heavy atom. The monoisotopic (exact) mass is 208 g/mol. The van der Waals surface area contributed by atoms with Gasteiger partial charge in [0.1, 0.15) is 5.75 Å². The Morgan fingerprint density at radius 1 is 1.53 bits per heavy atom. The zero-order chi connectivity index (χ0) is 11.4. The second kappa shape index (κ2) is 4.68. The van der Waals surface area contributed by atoms with Gasteiger partial charge < -0.3 is 16.2 Å². The molecule has 0 aromatic heterocycles. The molecular weight excluding hydrogens is 192 g/mol. The zero-order valence-electron chi connectivity index (χ0n) is 8.99. The van der Waals surface area contributed by atoms with Crippen molar-refractivity contribution in [2.24, 2.45) is 5.73 Å². The Labute approximate surface area is 89.2 Å². The van der Waals surface area contributed by atoms with Crippen LogP contribution in [0.3, 0.4) is 0 Å². The molecule has 0 aliphatic carbocycles. The molecule has 1 aromatic carbocycles. The Kier molecular flexibility index (Phi) is 3.55. The predicted octanol–water partition coefficient (Wildman–Crippen LogP) is 1.54. The van der Waals surface area contributed by atoms with Crippen molar-refractivity contribution in [2.75, 3.05) is 5.73 Å². The van der Waals surface area contributed by atoms with Crippen LogP contribution in [0.1, 0.15) is 30.6 Å². The van der Waals surface area contributed by atoms with Crippen molar-refractivity contribution in [3.63, 3.8) is 0 Å². The van der Waals surface area contributed by atoms with E-state index in [9.17, 15) is 4.79 Å². The molecule has 0 aliphatic heterocycles. The molecule has 4 heteroatoms. The molecule has 15 heavy (non-hydrogen) atoms. The van der Waals surface area contributed by atoms with Gasteiger partial charge in [-0.25, -0.2) is 0 Å². The highest BCUT2D eigenvalue weighted by Crippen LogP contribution is 2.22. The van der Waals surface area contributed by atoms with Crippen LogP contribution in [0.4, 0.5) is 5.69 Å². The van der Waals surface area contributed by atoms with Crippen LogP contribution in [0.15, 0.2) is 18.2 Å². The number of primary amides is 1. The van der Waals surface area contributed by atoms with Crippen LogP contribution in [0.5, 0.6) is 5.75 Å². The minimum absolute atomic E-state index is 0.0479. The van der Waals surface area contributed by atoms with Crippen LogP contribution in [0.25, 0.3) is 0 Å². The van der Waals surface area contributed by atoms with E-state index in [-0.39, 0.29) is 6.10 Å². The summed E-state index contributed by atoms with van der Waals surface area (Å²) >= 11 is 0. The first-order chi connectivity index (χ1) is 7.04. The smallest absolute Gasteiger partial charge is 0.252 e. The van der Waals surface area contributed by atoms with Gasteiger partial charge in [-0.15, -0.1) is 0 Å². The van der Waals surface area contributed by atoms with E-state index in [2.05, 4.69) is 0 Å². The fraction of sp³-hybridized carbons (Fsp3) is 0.364. The van der Waals surface area contributed by atoms with Gasteiger partial charge in [-0.05, 0) is 31.5 Å². The summed E-state index contributed by atoms with van der Waals surface area (Å²) in [5.74, 6) is -0.0355. The van der Waals surface area contributed by atoms with E-state index in [1.807, 2.05) is 13.8 Å². The molecule has 4 nitrogen and oxygen atoms in total. The zero-order valence-corrected chi connectivity index (χ0v) is 8.99. The summed E-state index contributed by atoms with van der Waals surface area (Å²) in [5, 5.41) is 0. The van der Waals surface area contributed by atoms with Gasteiger partial charge in [0.15, 0.2) is 0 Å². The molecule has 0 heterocycles. The van der Waals surface area contributed by atoms with E-state index >= 15 is 0 Å². The molecule has 1 amide bonds. The molecule has 1 unspecified atom stereocenters. The first kappa shape index (κ1) is 11.4. The quantitative estimate of drug-likeness (QED) is 0.737. The maximum atomic E-state index is 11.1. The summed E-state index contributed by atoms with van der Waals surface area (Å²) in [7, 11) is 0. The minimum atomic E-state index is -0.527. The molecule has 0 radical (unpaired) electrons. The molecule has 0 saturated carbocycles. The van der Waals surface area contributed by atoms with Gasteiger partial charge in [-0.3, -0.25) is 4.79 Å². The molecule has 4 N–H and O–H groups in total. The summed E-state index contributed by atoms with van der Waals surface area (Å²) in [6, 6.07) is 4.88. The molecule has 1 atom stereocenters. The summed E-state index contributed by atoms with van der Waals surface area (Å²) in [6.45, 7) is 3.94. The van der Waals surface area contributed by atoms with Crippen molar-refractivity contribution in [3.05, 3.63) is 23.8 Å². The average Bonchev–Trinajstić information content (AvgIpc) is 2.20. The number of benzene rings is 1. The van der Waals surface area contributed by atoms with Crippen molar-refractivity contribution >= 4 is 11.6 Å². The topological polar surface area (TPSA) is 78.3 Å². The average molecular weight is 208 g/mol. The van der Waals surface area contributed by atoms with Crippen LogP contribution in [0, 0.1) is 0 Å². The molecule has 82 valence electrons. The van der Waals surface area contributed by atoms with Gasteiger partial charge >= 0.3 is 0 Å². The number of carbonyl (C=O) groups is 1. The standard InChI is InChI=1S/C11H16N2O2/c1-3-7(2)15-10-5-4-8(12)6-9(10)11(13)14/h4-7H,3,12H2,1-2H3,(H2,13,14). The second-order valence-electron chi connectivity index (χ2n) is 3.46. The largest absolute Gasteiger partial charge is 0.490 e. The number of amides is 1. The van der Waals surface area contributed by atoms with Gasteiger partial charge in [0.05, 0.1) is 11.7 Å². The molecule has 0 bridgehead atoms. The number of hydrogen-bond acceptors (Lipinski definition) is 3. The van der Waals surface area contributed by atoms with Gasteiger partial charge in [0.2, 0.25) is 0 Å². The van der Waals surface area contributed by atoms with Crippen LogP contribution < -0.4 is 16.2 Å². The molecular formula is C11H16N2O2. The third kappa shape index (κ3) is 2.87. The first-order valence-corrected chi connectivity index (χ1v) is 4.90. The third-order valence-electron chi connectivity index (χ3n) is 2.17. The van der Waals surface area contributed by atoms with E-state index in [0.29, 0.717) is 17.0 Å². The third-order valence-corrected chi connectivity index (χ3v) is 2.17. The molecule has 0 fully saturated rings. The summed E-state index contributed by atoms with van der Waals surface area (Å²) in [4.78, 5) is 11.1. The van der Waals surface area contributed by atoms with Crippen molar-refractivity contribution < 1.29 is 9.53 Å². The number of nitrogens with two attached hydrogens (primary N) is 2. The molecule has 1 aromatic rings. The fourth-order valence-corrected chi connectivity index (χ4v) is 1.14. The fourth-order valence-electron chi connectivity index (χ4n) is 1.14. The highest BCUT2D eigenvalue weighted by molar-refractivity contribution is 5.96. The lowest BCUT2D eigenvalue weighted by Gasteiger charge is -2.15.